The Balaban J connectivity index is -0.0000000383. The van der Waals surface area contributed by atoms with Crippen molar-refractivity contribution in [1.82, 2.24) is 0 Å². The van der Waals surface area contributed by atoms with Gasteiger partial charge in [-0.15, -0.1) is 6.58 Å². The molecule has 2 N–H and O–H groups in total. The van der Waals surface area contributed by atoms with E-state index in [4.69, 9.17) is 10.2 Å². The molecule has 3 heteroatoms. The molecule has 0 heterocycles. The van der Waals surface area contributed by atoms with E-state index >= 15 is 0 Å². The first-order valence-corrected chi connectivity index (χ1v) is 2.77. The van der Waals surface area contributed by atoms with Crippen LogP contribution < -0.4 is 51.4 Å². The van der Waals surface area contributed by atoms with Crippen molar-refractivity contribution in [3.8, 4) is 0 Å². The molecule has 0 aliphatic rings. The van der Waals surface area contributed by atoms with E-state index in [1.165, 1.54) is 6.08 Å². The molecular formula is C8H17KO2. The molecule has 0 rings (SSSR count). The fraction of sp³-hybridized carbons (Fsp3) is 0.375. The van der Waals surface area contributed by atoms with Crippen molar-refractivity contribution in [3.63, 3.8) is 0 Å². The number of allylic oxidation sites excluding steroid dienone is 1. The fourth-order valence-electron chi connectivity index (χ4n) is 0.105. The van der Waals surface area contributed by atoms with E-state index in [0.717, 1.165) is 0 Å². The average Bonchev–Trinajstić information content (AvgIpc) is 1.91. The molecule has 0 fully saturated rings. The molecule has 0 amide bonds. The molecule has 0 radical (unpaired) electrons. The van der Waals surface area contributed by atoms with E-state index in [1.807, 2.05) is 6.92 Å². The zero-order valence-corrected chi connectivity index (χ0v) is 10.9. The molecule has 0 saturated heterocycles. The van der Waals surface area contributed by atoms with Gasteiger partial charge in [0.25, 0.3) is 0 Å². The molecule has 11 heavy (non-hydrogen) atoms. The minimum absolute atomic E-state index is 0. The van der Waals surface area contributed by atoms with E-state index < -0.39 is 0 Å². The molecule has 0 aromatic carbocycles. The summed E-state index contributed by atoms with van der Waals surface area (Å²) in [5, 5.41) is 15.7. The van der Waals surface area contributed by atoms with Gasteiger partial charge in [-0.25, -0.2) is 0 Å². The van der Waals surface area contributed by atoms with Crippen molar-refractivity contribution in [2.45, 2.75) is 6.92 Å². The maximum atomic E-state index is 7.98. The average molecular weight is 184 g/mol. The quantitative estimate of drug-likeness (QED) is 0.301. The van der Waals surface area contributed by atoms with Crippen LogP contribution in [-0.4, -0.2) is 23.4 Å². The Morgan fingerprint density at radius 1 is 1.27 bits per heavy atom. The molecule has 0 aliphatic carbocycles. The molecule has 0 atom stereocenters. The Morgan fingerprint density at radius 2 is 1.64 bits per heavy atom. The van der Waals surface area contributed by atoms with Crippen molar-refractivity contribution >= 4 is 0 Å². The van der Waals surface area contributed by atoms with Crippen molar-refractivity contribution in [3.05, 3.63) is 32.2 Å². The van der Waals surface area contributed by atoms with Crippen LogP contribution in [0.2, 0.25) is 0 Å². The van der Waals surface area contributed by atoms with Crippen LogP contribution >= 0.6 is 0 Å². The first kappa shape index (κ1) is 22.7. The monoisotopic (exact) mass is 184 g/mol. The summed E-state index contributed by atoms with van der Waals surface area (Å²) in [6.45, 7) is 5.35. The van der Waals surface area contributed by atoms with Crippen molar-refractivity contribution in [2.24, 2.45) is 0 Å². The third-order valence-corrected chi connectivity index (χ3v) is 0.470. The molecule has 62 valence electrons. The minimum atomic E-state index is 0. The maximum Gasteiger partial charge on any atom is 1.00 e. The van der Waals surface area contributed by atoms with Gasteiger partial charge in [0.2, 0.25) is 0 Å². The first-order valence-electron chi connectivity index (χ1n) is 2.77. The van der Waals surface area contributed by atoms with Crippen molar-refractivity contribution in [1.29, 1.82) is 0 Å². The van der Waals surface area contributed by atoms with Gasteiger partial charge >= 0.3 is 51.4 Å². The van der Waals surface area contributed by atoms with Crippen molar-refractivity contribution in [2.75, 3.05) is 13.2 Å². The van der Waals surface area contributed by atoms with Crippen LogP contribution in [0.15, 0.2) is 24.8 Å². The Kier molecular flexibility index (Phi) is 63.0. The standard InChI is InChI=1S/C4H8O.C3H6O.CH3.K/c1-2-3-4-5;1-2-3-4;;/h2-3,5H,4H2,1H3;2,4H,1,3H2;1H3;/q;;-1;+1. The second kappa shape index (κ2) is 30.5. The largest absolute Gasteiger partial charge is 1.00 e. The van der Waals surface area contributed by atoms with Crippen LogP contribution in [0.4, 0.5) is 0 Å². The summed E-state index contributed by atoms with van der Waals surface area (Å²) in [6, 6.07) is 0. The molecule has 0 aromatic heterocycles. The van der Waals surface area contributed by atoms with E-state index in [1.54, 1.807) is 12.2 Å². The van der Waals surface area contributed by atoms with E-state index in [0.29, 0.717) is 0 Å². The van der Waals surface area contributed by atoms with Crippen LogP contribution in [0.25, 0.3) is 0 Å². The molecule has 0 aliphatic heterocycles. The zero-order valence-electron chi connectivity index (χ0n) is 7.75. The summed E-state index contributed by atoms with van der Waals surface area (Å²) in [7, 11) is 0. The van der Waals surface area contributed by atoms with Crippen LogP contribution in [0, 0.1) is 7.43 Å². The van der Waals surface area contributed by atoms with E-state index in [-0.39, 0.29) is 72.0 Å². The topological polar surface area (TPSA) is 40.5 Å². The Labute approximate surface area is 112 Å². The van der Waals surface area contributed by atoms with Crippen molar-refractivity contribution < 1.29 is 61.6 Å². The zero-order chi connectivity index (χ0) is 7.54. The normalized spacial score (nSPS) is 6.82. The molecular weight excluding hydrogens is 167 g/mol. The summed E-state index contributed by atoms with van der Waals surface area (Å²) in [6.07, 6.45) is 4.92. The Bertz CT molecular complexity index is 72.5. The predicted octanol–water partition coefficient (Wildman–Crippen LogP) is -1.83. The molecule has 2 nitrogen and oxygen atoms in total. The van der Waals surface area contributed by atoms with Gasteiger partial charge in [-0.3, -0.25) is 0 Å². The van der Waals surface area contributed by atoms with Crippen LogP contribution in [-0.2, 0) is 0 Å². The summed E-state index contributed by atoms with van der Waals surface area (Å²) in [5.74, 6) is 0. The summed E-state index contributed by atoms with van der Waals surface area (Å²) >= 11 is 0. The van der Waals surface area contributed by atoms with Gasteiger partial charge in [0.15, 0.2) is 0 Å². The number of hydrogen-bond acceptors (Lipinski definition) is 2. The van der Waals surface area contributed by atoms with E-state index in [9.17, 15) is 0 Å². The Hall–Kier alpha value is 1.04. The van der Waals surface area contributed by atoms with Gasteiger partial charge in [-0.1, -0.05) is 18.2 Å². The number of hydrogen-bond donors (Lipinski definition) is 2. The van der Waals surface area contributed by atoms with Gasteiger partial charge < -0.3 is 17.6 Å². The van der Waals surface area contributed by atoms with E-state index in [2.05, 4.69) is 6.58 Å². The summed E-state index contributed by atoms with van der Waals surface area (Å²) in [5.41, 5.74) is 0. The molecule has 0 spiro atoms. The predicted molar refractivity (Wildman–Crippen MR) is 45.6 cm³/mol. The third kappa shape index (κ3) is 55.3. The molecule has 0 unspecified atom stereocenters. The number of aliphatic hydroxyl groups is 2. The summed E-state index contributed by atoms with van der Waals surface area (Å²) in [4.78, 5) is 0. The fourth-order valence-corrected chi connectivity index (χ4v) is 0.105. The van der Waals surface area contributed by atoms with Crippen LogP contribution in [0.3, 0.4) is 0 Å². The van der Waals surface area contributed by atoms with Crippen LogP contribution in [0.5, 0.6) is 0 Å². The van der Waals surface area contributed by atoms with Gasteiger partial charge in [0.05, 0.1) is 13.2 Å². The van der Waals surface area contributed by atoms with Gasteiger partial charge in [-0.2, -0.15) is 0 Å². The third-order valence-electron chi connectivity index (χ3n) is 0.470. The Morgan fingerprint density at radius 3 is 1.64 bits per heavy atom. The number of rotatable bonds is 2. The molecule has 0 aromatic rings. The minimum Gasteiger partial charge on any atom is -0.392 e. The second-order valence-corrected chi connectivity index (χ2v) is 1.22. The van der Waals surface area contributed by atoms with Gasteiger partial charge in [0, 0.05) is 0 Å². The smallest absolute Gasteiger partial charge is 0.392 e. The molecule has 0 saturated carbocycles. The summed E-state index contributed by atoms with van der Waals surface area (Å²) < 4.78 is 0. The first-order chi connectivity index (χ1) is 4.33. The number of aliphatic hydroxyl groups excluding tert-OH is 2. The maximum absolute atomic E-state index is 7.98. The SMILES string of the molecule is C=CCO.CC=CCO.[CH3-].[K+]. The molecule has 0 bridgehead atoms. The second-order valence-electron chi connectivity index (χ2n) is 1.22. The van der Waals surface area contributed by atoms with Crippen LogP contribution in [0.1, 0.15) is 6.92 Å². The van der Waals surface area contributed by atoms with Gasteiger partial charge in [0.1, 0.15) is 0 Å². The van der Waals surface area contributed by atoms with Gasteiger partial charge in [-0.05, 0) is 6.92 Å².